The molecule has 0 radical (unpaired) electrons. The van der Waals surface area contributed by atoms with Gasteiger partial charge in [-0.15, -0.1) is 13.2 Å². The second-order valence-electron chi connectivity index (χ2n) is 2.99. The van der Waals surface area contributed by atoms with E-state index < -0.39 is 34.6 Å². The van der Waals surface area contributed by atoms with Crippen molar-refractivity contribution in [2.45, 2.75) is 12.5 Å². The van der Waals surface area contributed by atoms with Crippen molar-refractivity contribution < 1.29 is 31.1 Å². The normalized spacial score (nSPS) is 12.4. The van der Waals surface area contributed by atoms with Crippen LogP contribution >= 0.6 is 11.6 Å². The fourth-order valence-electron chi connectivity index (χ4n) is 1.15. The van der Waals surface area contributed by atoms with E-state index in [0.717, 1.165) is 0 Å². The van der Waals surface area contributed by atoms with Gasteiger partial charge in [-0.25, -0.2) is 0 Å². The summed E-state index contributed by atoms with van der Waals surface area (Å²) in [6, 6.07) is 1.12. The highest BCUT2D eigenvalue weighted by atomic mass is 35.5. The number of hydrogen-bond acceptors (Lipinski definition) is 3. The maximum atomic E-state index is 12.5. The smallest absolute Gasteiger partial charge is 0.402 e. The summed E-state index contributed by atoms with van der Waals surface area (Å²) in [7, 11) is 0. The van der Waals surface area contributed by atoms with Crippen LogP contribution in [0.15, 0.2) is 12.1 Å². The van der Waals surface area contributed by atoms with Gasteiger partial charge in [-0.05, 0) is 12.1 Å². The van der Waals surface area contributed by atoms with E-state index in [1.165, 1.54) is 5.43 Å². The van der Waals surface area contributed by atoms with Gasteiger partial charge in [0, 0.05) is 0 Å². The molecule has 0 spiro atoms. The lowest BCUT2D eigenvalue weighted by Crippen LogP contribution is -2.22. The second-order valence-corrected chi connectivity index (χ2v) is 3.40. The summed E-state index contributed by atoms with van der Waals surface area (Å²) < 4.78 is 77.0. The Kier molecular flexibility index (Phi) is 3.86. The molecule has 0 bridgehead atoms. The number of benzene rings is 1. The zero-order chi connectivity index (χ0) is 14.1. The number of hydrogen-bond donors (Lipinski definition) is 2. The van der Waals surface area contributed by atoms with Gasteiger partial charge in [-0.2, -0.15) is 13.2 Å². The number of nitrogens with one attached hydrogen (secondary N) is 1. The van der Waals surface area contributed by atoms with Crippen molar-refractivity contribution in [1.29, 1.82) is 0 Å². The van der Waals surface area contributed by atoms with Gasteiger partial charge >= 0.3 is 12.5 Å². The van der Waals surface area contributed by atoms with E-state index in [-0.39, 0.29) is 0 Å². The maximum Gasteiger partial charge on any atom is 0.573 e. The van der Waals surface area contributed by atoms with Crippen molar-refractivity contribution in [3.8, 4) is 5.75 Å². The molecule has 0 saturated heterocycles. The van der Waals surface area contributed by atoms with E-state index in [0.29, 0.717) is 12.1 Å². The van der Waals surface area contributed by atoms with Crippen LogP contribution in [-0.4, -0.2) is 6.36 Å². The number of nitrogens with two attached hydrogens (primary N) is 1. The highest BCUT2D eigenvalue weighted by Crippen LogP contribution is 2.44. The molecule has 0 aliphatic heterocycles. The first-order valence-electron chi connectivity index (χ1n) is 4.18. The maximum absolute atomic E-state index is 12.5. The summed E-state index contributed by atoms with van der Waals surface area (Å²) in [6.45, 7) is 0. The molecule has 0 unspecified atom stereocenters. The lowest BCUT2D eigenvalue weighted by atomic mass is 10.1. The lowest BCUT2D eigenvalue weighted by molar-refractivity contribution is -0.274. The number of anilines is 1. The minimum absolute atomic E-state index is 0.487. The molecule has 0 fully saturated rings. The first kappa shape index (κ1) is 14.7. The Bertz CT molecular complexity index is 444. The number of halogens is 7. The molecule has 3 N–H and O–H groups in total. The molecular weight excluding hydrogens is 290 g/mol. The highest BCUT2D eigenvalue weighted by molar-refractivity contribution is 6.32. The van der Waals surface area contributed by atoms with Gasteiger partial charge < -0.3 is 10.2 Å². The third kappa shape index (κ3) is 3.33. The summed E-state index contributed by atoms with van der Waals surface area (Å²) in [4.78, 5) is 0. The van der Waals surface area contributed by atoms with Crippen LogP contribution in [0.1, 0.15) is 5.56 Å². The molecule has 18 heavy (non-hydrogen) atoms. The highest BCUT2D eigenvalue weighted by Gasteiger charge is 2.39. The monoisotopic (exact) mass is 294 g/mol. The molecule has 3 nitrogen and oxygen atoms in total. The standard InChI is InChI=1S/C8H5ClF6N2O/c9-4-2-1-3(7(10,11)12)5(17-16)6(4)18-8(13,14)15/h1-2,17H,16H2. The van der Waals surface area contributed by atoms with Crippen molar-refractivity contribution in [2.24, 2.45) is 5.84 Å². The summed E-state index contributed by atoms with van der Waals surface area (Å²) >= 11 is 5.35. The molecule has 102 valence electrons. The van der Waals surface area contributed by atoms with Crippen LogP contribution in [-0.2, 0) is 6.18 Å². The predicted molar refractivity (Wildman–Crippen MR) is 50.9 cm³/mol. The molecule has 0 amide bonds. The second kappa shape index (κ2) is 4.73. The Hall–Kier alpha value is -1.35. The van der Waals surface area contributed by atoms with Crippen molar-refractivity contribution in [3.05, 3.63) is 22.7 Å². The Morgan fingerprint density at radius 1 is 1.11 bits per heavy atom. The van der Waals surface area contributed by atoms with Gasteiger partial charge in [0.2, 0.25) is 0 Å². The average Bonchev–Trinajstić information content (AvgIpc) is 2.17. The molecule has 0 saturated carbocycles. The number of hydrazine groups is 1. The lowest BCUT2D eigenvalue weighted by Gasteiger charge is -2.18. The topological polar surface area (TPSA) is 47.3 Å². The van der Waals surface area contributed by atoms with Crippen LogP contribution in [0, 0.1) is 0 Å². The molecule has 1 rings (SSSR count). The molecule has 0 atom stereocenters. The van der Waals surface area contributed by atoms with Crippen LogP contribution in [0.2, 0.25) is 5.02 Å². The Morgan fingerprint density at radius 3 is 2.06 bits per heavy atom. The summed E-state index contributed by atoms with van der Waals surface area (Å²) in [5, 5.41) is -0.659. The molecule has 1 aromatic carbocycles. The van der Waals surface area contributed by atoms with Crippen LogP contribution in [0.5, 0.6) is 5.75 Å². The van der Waals surface area contributed by atoms with Crippen molar-refractivity contribution >= 4 is 17.3 Å². The van der Waals surface area contributed by atoms with Gasteiger partial charge in [0.05, 0.1) is 10.6 Å². The van der Waals surface area contributed by atoms with Crippen molar-refractivity contribution in [2.75, 3.05) is 5.43 Å². The van der Waals surface area contributed by atoms with E-state index in [9.17, 15) is 26.3 Å². The zero-order valence-corrected chi connectivity index (χ0v) is 9.04. The number of alkyl halides is 6. The van der Waals surface area contributed by atoms with E-state index in [2.05, 4.69) is 4.74 Å². The van der Waals surface area contributed by atoms with Crippen LogP contribution in [0.4, 0.5) is 32.0 Å². The minimum atomic E-state index is -5.19. The Morgan fingerprint density at radius 2 is 1.67 bits per heavy atom. The first-order chi connectivity index (χ1) is 8.06. The van der Waals surface area contributed by atoms with Gasteiger partial charge in [0.25, 0.3) is 0 Å². The average molecular weight is 295 g/mol. The van der Waals surface area contributed by atoms with E-state index in [1.54, 1.807) is 0 Å². The molecule has 10 heteroatoms. The molecule has 1 aromatic rings. The van der Waals surface area contributed by atoms with Crippen LogP contribution in [0.25, 0.3) is 0 Å². The Labute approximate surface area is 101 Å². The van der Waals surface area contributed by atoms with Gasteiger partial charge in [0.1, 0.15) is 5.69 Å². The molecule has 0 heterocycles. The zero-order valence-electron chi connectivity index (χ0n) is 8.29. The number of rotatable bonds is 2. The van der Waals surface area contributed by atoms with E-state index >= 15 is 0 Å². The van der Waals surface area contributed by atoms with Crippen LogP contribution < -0.4 is 16.0 Å². The van der Waals surface area contributed by atoms with Crippen molar-refractivity contribution in [3.63, 3.8) is 0 Å². The Balaban J connectivity index is 3.40. The number of nitrogen functional groups attached to an aromatic ring is 1. The summed E-state index contributed by atoms with van der Waals surface area (Å²) in [5.41, 5.74) is -1.01. The summed E-state index contributed by atoms with van der Waals surface area (Å²) in [6.07, 6.45) is -10.1. The SMILES string of the molecule is NNc1c(C(F)(F)F)ccc(Cl)c1OC(F)(F)F. The van der Waals surface area contributed by atoms with Gasteiger partial charge in [0.15, 0.2) is 5.75 Å². The van der Waals surface area contributed by atoms with Gasteiger partial charge in [-0.3, -0.25) is 5.84 Å². The molecule has 0 aliphatic carbocycles. The molecule has 0 aliphatic rings. The molecule has 0 aromatic heterocycles. The first-order valence-corrected chi connectivity index (χ1v) is 4.56. The van der Waals surface area contributed by atoms with Gasteiger partial charge in [-0.1, -0.05) is 11.6 Å². The minimum Gasteiger partial charge on any atom is -0.402 e. The number of ether oxygens (including phenoxy) is 1. The fraction of sp³-hybridized carbons (Fsp3) is 0.250. The van der Waals surface area contributed by atoms with E-state index in [4.69, 9.17) is 17.4 Å². The predicted octanol–water partition coefficient (Wildman–Crippen LogP) is 3.54. The third-order valence-corrected chi connectivity index (χ3v) is 2.07. The largest absolute Gasteiger partial charge is 0.573 e. The third-order valence-electron chi connectivity index (χ3n) is 1.78. The molecular formula is C8H5ClF6N2O. The fourth-order valence-corrected chi connectivity index (χ4v) is 1.35. The quantitative estimate of drug-likeness (QED) is 0.498. The van der Waals surface area contributed by atoms with E-state index in [1.807, 2.05) is 0 Å². The van der Waals surface area contributed by atoms with Crippen molar-refractivity contribution in [1.82, 2.24) is 0 Å². The summed E-state index contributed by atoms with van der Waals surface area (Å²) in [5.74, 6) is 3.55. The van der Waals surface area contributed by atoms with Crippen LogP contribution in [0.3, 0.4) is 0 Å².